The number of nitrogens with zero attached hydrogens (tertiary/aromatic N) is 2. The molecule has 0 aliphatic heterocycles. The number of carbonyl (C=O) groups excluding carboxylic acids is 2. The van der Waals surface area contributed by atoms with Gasteiger partial charge in [-0.15, -0.1) is 0 Å². The first-order chi connectivity index (χ1) is 16.6. The van der Waals surface area contributed by atoms with E-state index in [4.69, 9.17) is 4.74 Å². The number of hydrogen-bond donors (Lipinski definition) is 0. The predicted molar refractivity (Wildman–Crippen MR) is 131 cm³/mol. The molecule has 0 fully saturated rings. The van der Waals surface area contributed by atoms with Crippen LogP contribution in [0, 0.1) is 5.82 Å². The maximum atomic E-state index is 13.4. The van der Waals surface area contributed by atoms with Crippen molar-refractivity contribution in [2.45, 2.75) is 31.4 Å². The first kappa shape index (κ1) is 25.9. The smallest absolute Gasteiger partial charge is 0.338 e. The molecule has 1 amide bonds. The lowest BCUT2D eigenvalue weighted by atomic mass is 10.2. The molecule has 0 aliphatic rings. The quantitative estimate of drug-likeness (QED) is 0.412. The zero-order valence-corrected chi connectivity index (χ0v) is 20.5. The van der Waals surface area contributed by atoms with Gasteiger partial charge in [-0.3, -0.25) is 9.10 Å². The van der Waals surface area contributed by atoms with Crippen LogP contribution >= 0.6 is 0 Å². The minimum atomic E-state index is -3.94. The van der Waals surface area contributed by atoms with Gasteiger partial charge in [-0.25, -0.2) is 17.6 Å². The Bertz CT molecular complexity index is 1300. The van der Waals surface area contributed by atoms with E-state index >= 15 is 0 Å². The molecule has 0 aliphatic carbocycles. The molecule has 0 spiro atoms. The van der Waals surface area contributed by atoms with Gasteiger partial charge in [0.25, 0.3) is 15.9 Å². The third-order valence-corrected chi connectivity index (χ3v) is 7.20. The number of anilines is 1. The van der Waals surface area contributed by atoms with E-state index in [1.807, 2.05) is 0 Å². The number of benzene rings is 3. The van der Waals surface area contributed by atoms with Crippen molar-refractivity contribution >= 4 is 27.6 Å². The molecule has 3 aromatic rings. The molecule has 0 saturated heterocycles. The van der Waals surface area contributed by atoms with Crippen molar-refractivity contribution in [3.05, 3.63) is 95.8 Å². The highest BCUT2D eigenvalue weighted by Gasteiger charge is 2.26. The number of amides is 1. The molecule has 0 aromatic heterocycles. The van der Waals surface area contributed by atoms with E-state index in [1.165, 1.54) is 59.6 Å². The van der Waals surface area contributed by atoms with Crippen LogP contribution in [0.5, 0.6) is 0 Å². The zero-order chi connectivity index (χ0) is 25.6. The summed E-state index contributed by atoms with van der Waals surface area (Å²) in [5.41, 5.74) is 1.10. The second kappa shape index (κ2) is 11.1. The van der Waals surface area contributed by atoms with Crippen LogP contribution in [-0.4, -0.2) is 44.9 Å². The van der Waals surface area contributed by atoms with Crippen molar-refractivity contribution < 1.29 is 27.1 Å². The molecule has 0 N–H and O–H groups in total. The Kier molecular flexibility index (Phi) is 8.24. The largest absolute Gasteiger partial charge is 0.449 e. The Morgan fingerprint density at radius 3 is 2.31 bits per heavy atom. The van der Waals surface area contributed by atoms with Gasteiger partial charge in [0.15, 0.2) is 6.10 Å². The Hall–Kier alpha value is -3.72. The summed E-state index contributed by atoms with van der Waals surface area (Å²) in [4.78, 5) is 26.6. The molecule has 7 nitrogen and oxygen atoms in total. The number of halogens is 1. The predicted octanol–water partition coefficient (Wildman–Crippen LogP) is 4.24. The molecule has 1 atom stereocenters. The third-order valence-electron chi connectivity index (χ3n) is 5.31. The fraction of sp³-hybridized carbons (Fsp3) is 0.231. The number of para-hydroxylation sites is 1. The van der Waals surface area contributed by atoms with Crippen molar-refractivity contribution in [3.8, 4) is 0 Å². The van der Waals surface area contributed by atoms with Gasteiger partial charge in [0.1, 0.15) is 5.82 Å². The van der Waals surface area contributed by atoms with Crippen LogP contribution in [-0.2, 0) is 26.1 Å². The van der Waals surface area contributed by atoms with Crippen LogP contribution in [0.3, 0.4) is 0 Å². The van der Waals surface area contributed by atoms with Crippen LogP contribution in [0.15, 0.2) is 83.8 Å². The molecular weight excluding hydrogens is 471 g/mol. The summed E-state index contributed by atoms with van der Waals surface area (Å²) in [6, 6.07) is 20.0. The summed E-state index contributed by atoms with van der Waals surface area (Å²) in [7, 11) is -2.42. The average Bonchev–Trinajstić information content (AvgIpc) is 2.84. The van der Waals surface area contributed by atoms with Gasteiger partial charge in [-0.05, 0) is 61.9 Å². The fourth-order valence-corrected chi connectivity index (χ4v) is 5.09. The van der Waals surface area contributed by atoms with Crippen molar-refractivity contribution in [2.24, 2.45) is 0 Å². The van der Waals surface area contributed by atoms with E-state index in [1.54, 1.807) is 49.4 Å². The lowest BCUT2D eigenvalue weighted by molar-refractivity contribution is -0.139. The Balaban J connectivity index is 1.73. The molecule has 9 heteroatoms. The molecule has 1 unspecified atom stereocenters. The molecule has 3 aromatic carbocycles. The van der Waals surface area contributed by atoms with Gasteiger partial charge >= 0.3 is 5.97 Å². The normalized spacial score (nSPS) is 12.0. The topological polar surface area (TPSA) is 84.0 Å². The molecule has 0 bridgehead atoms. The first-order valence-corrected chi connectivity index (χ1v) is 12.5. The summed E-state index contributed by atoms with van der Waals surface area (Å²) in [6.45, 7) is 3.48. The van der Waals surface area contributed by atoms with Gasteiger partial charge in [-0.2, -0.15) is 0 Å². The summed E-state index contributed by atoms with van der Waals surface area (Å²) in [6.07, 6.45) is -1.13. The summed E-state index contributed by atoms with van der Waals surface area (Å²) in [5, 5.41) is 0. The molecule has 35 heavy (non-hydrogen) atoms. The molecular formula is C26H27FN2O5S. The van der Waals surface area contributed by atoms with Crippen molar-refractivity contribution in [1.29, 1.82) is 0 Å². The van der Waals surface area contributed by atoms with Gasteiger partial charge in [-0.1, -0.05) is 36.4 Å². The molecule has 0 heterocycles. The molecule has 0 radical (unpaired) electrons. The lowest BCUT2D eigenvalue weighted by Crippen LogP contribution is -2.37. The highest BCUT2D eigenvalue weighted by atomic mass is 32.2. The maximum absolute atomic E-state index is 13.4. The Morgan fingerprint density at radius 2 is 1.66 bits per heavy atom. The van der Waals surface area contributed by atoms with Gasteiger partial charge in [0.2, 0.25) is 0 Å². The maximum Gasteiger partial charge on any atom is 0.338 e. The first-order valence-electron chi connectivity index (χ1n) is 11.0. The molecule has 3 rings (SSSR count). The van der Waals surface area contributed by atoms with Crippen LogP contribution < -0.4 is 4.31 Å². The highest BCUT2D eigenvalue weighted by molar-refractivity contribution is 7.92. The SMILES string of the molecule is CCN(c1ccccc1)S(=O)(=O)c1cccc(C(=O)OC(C)C(=O)N(C)Cc2cccc(F)c2)c1. The van der Waals surface area contributed by atoms with Gasteiger partial charge < -0.3 is 9.64 Å². The molecule has 184 valence electrons. The summed E-state index contributed by atoms with van der Waals surface area (Å²) >= 11 is 0. The van der Waals surface area contributed by atoms with Crippen molar-refractivity contribution in [2.75, 3.05) is 17.9 Å². The van der Waals surface area contributed by atoms with Crippen molar-refractivity contribution in [1.82, 2.24) is 4.90 Å². The van der Waals surface area contributed by atoms with E-state index in [0.29, 0.717) is 11.3 Å². The van der Waals surface area contributed by atoms with Gasteiger partial charge in [0.05, 0.1) is 16.1 Å². The van der Waals surface area contributed by atoms with E-state index in [-0.39, 0.29) is 23.5 Å². The van der Waals surface area contributed by atoms with E-state index < -0.39 is 33.8 Å². The zero-order valence-electron chi connectivity index (χ0n) is 19.7. The highest BCUT2D eigenvalue weighted by Crippen LogP contribution is 2.24. The number of carbonyl (C=O) groups is 2. The number of rotatable bonds is 9. The van der Waals surface area contributed by atoms with Crippen LogP contribution in [0.1, 0.15) is 29.8 Å². The van der Waals surface area contributed by atoms with E-state index in [2.05, 4.69) is 0 Å². The lowest BCUT2D eigenvalue weighted by Gasteiger charge is -2.23. The van der Waals surface area contributed by atoms with Crippen LogP contribution in [0.2, 0.25) is 0 Å². The van der Waals surface area contributed by atoms with Gasteiger partial charge in [0, 0.05) is 20.1 Å². The van der Waals surface area contributed by atoms with E-state index in [9.17, 15) is 22.4 Å². The third kappa shape index (κ3) is 6.24. The van der Waals surface area contributed by atoms with Crippen LogP contribution in [0.25, 0.3) is 0 Å². The number of ether oxygens (including phenoxy) is 1. The summed E-state index contributed by atoms with van der Waals surface area (Å²) in [5.74, 6) is -1.72. The number of sulfonamides is 1. The minimum Gasteiger partial charge on any atom is -0.449 e. The number of esters is 1. The second-order valence-corrected chi connectivity index (χ2v) is 9.77. The number of hydrogen-bond acceptors (Lipinski definition) is 5. The second-order valence-electron chi connectivity index (χ2n) is 7.90. The minimum absolute atomic E-state index is 0.00243. The van der Waals surface area contributed by atoms with Crippen LogP contribution in [0.4, 0.5) is 10.1 Å². The fourth-order valence-electron chi connectivity index (χ4n) is 3.57. The average molecular weight is 499 g/mol. The number of likely N-dealkylation sites (N-methyl/N-ethyl adjacent to an activating group) is 1. The Morgan fingerprint density at radius 1 is 0.971 bits per heavy atom. The Labute approximate surface area is 204 Å². The van der Waals surface area contributed by atoms with Crippen molar-refractivity contribution in [3.63, 3.8) is 0 Å². The van der Waals surface area contributed by atoms with E-state index in [0.717, 1.165) is 0 Å². The summed E-state index contributed by atoms with van der Waals surface area (Å²) < 4.78 is 46.4. The molecule has 0 saturated carbocycles. The monoisotopic (exact) mass is 498 g/mol. The standard InChI is InChI=1S/C26H27FN2O5S/c1-4-29(23-13-6-5-7-14-23)35(32,33)24-15-9-11-21(17-24)26(31)34-19(2)25(30)28(3)18-20-10-8-12-22(27)16-20/h5-17,19H,4,18H2,1-3H3.